The molecule has 3 atom stereocenters. The predicted molar refractivity (Wildman–Crippen MR) is 99.5 cm³/mol. The summed E-state index contributed by atoms with van der Waals surface area (Å²) < 4.78 is 40.8. The van der Waals surface area contributed by atoms with Crippen molar-refractivity contribution in [3.63, 3.8) is 0 Å². The van der Waals surface area contributed by atoms with Gasteiger partial charge in [-0.2, -0.15) is 0 Å². The van der Waals surface area contributed by atoms with Crippen LogP contribution in [0.2, 0.25) is 0 Å². The number of hydrogen-bond donors (Lipinski definition) is 6. The number of alkyl halides is 3. The smallest absolute Gasteiger partial charge is 0.355 e. The molecule has 6 N–H and O–H groups in total. The Kier molecular flexibility index (Phi) is 8.93. The lowest BCUT2D eigenvalue weighted by Crippen LogP contribution is -2.68. The largest absolute Gasteiger partial charge is 0.522 e. The van der Waals surface area contributed by atoms with Gasteiger partial charge in [0.1, 0.15) is 6.29 Å². The summed E-state index contributed by atoms with van der Waals surface area (Å²) in [4.78, 5) is 23.1. The van der Waals surface area contributed by atoms with Gasteiger partial charge in [-0.05, 0) is 39.0 Å². The molecule has 9 nitrogen and oxygen atoms in total. The van der Waals surface area contributed by atoms with E-state index < -0.39 is 18.8 Å². The fourth-order valence-corrected chi connectivity index (χ4v) is 3.61. The molecule has 1 saturated carbocycles. The van der Waals surface area contributed by atoms with Crippen LogP contribution in [0.1, 0.15) is 46.0 Å². The highest BCUT2D eigenvalue weighted by molar-refractivity contribution is 5.74. The molecule has 0 radical (unpaired) electrons. The Morgan fingerprint density at radius 3 is 2.38 bits per heavy atom. The van der Waals surface area contributed by atoms with Gasteiger partial charge in [-0.15, -0.1) is 13.2 Å². The number of carbonyl (C=O) groups excluding carboxylic acids is 2. The molecule has 1 saturated heterocycles. The molecule has 0 spiro atoms. The molecule has 0 aromatic carbocycles. The molecule has 2 fully saturated rings. The average Bonchev–Trinajstić information content (AvgIpc) is 2.58. The molecule has 0 aromatic rings. The topological polar surface area (TPSA) is 116 Å². The Hall–Kier alpha value is -1.63. The van der Waals surface area contributed by atoms with E-state index in [1.165, 1.54) is 6.92 Å². The van der Waals surface area contributed by atoms with Crippen molar-refractivity contribution in [1.29, 1.82) is 0 Å². The molecule has 1 heterocycles. The van der Waals surface area contributed by atoms with Crippen molar-refractivity contribution in [3.05, 3.63) is 0 Å². The Morgan fingerprint density at radius 1 is 1.07 bits per heavy atom. The number of ether oxygens (including phenoxy) is 1. The van der Waals surface area contributed by atoms with Gasteiger partial charge in [-0.3, -0.25) is 20.2 Å². The minimum absolute atomic E-state index is 0.0414. The van der Waals surface area contributed by atoms with Gasteiger partial charge in [0, 0.05) is 32.1 Å². The van der Waals surface area contributed by atoms with Crippen molar-refractivity contribution < 1.29 is 27.5 Å². The molecule has 3 amide bonds. The molecule has 0 aromatic heterocycles. The van der Waals surface area contributed by atoms with Gasteiger partial charge in [-0.25, -0.2) is 4.79 Å². The Bertz CT molecular complexity index is 543. The summed E-state index contributed by atoms with van der Waals surface area (Å²) in [7, 11) is 0. The second-order valence-corrected chi connectivity index (χ2v) is 7.55. The van der Waals surface area contributed by atoms with Crippen LogP contribution in [0, 0.1) is 0 Å². The number of halogens is 3. The quantitative estimate of drug-likeness (QED) is 0.331. The number of carbonyl (C=O) groups is 2. The molecule has 3 unspecified atom stereocenters. The van der Waals surface area contributed by atoms with Gasteiger partial charge in [0.05, 0.1) is 12.3 Å². The highest BCUT2D eigenvalue weighted by Crippen LogP contribution is 2.27. The fourth-order valence-electron chi connectivity index (χ4n) is 3.61. The van der Waals surface area contributed by atoms with Crippen molar-refractivity contribution in [1.82, 2.24) is 31.9 Å². The second kappa shape index (κ2) is 11.0. The first-order chi connectivity index (χ1) is 13.6. The van der Waals surface area contributed by atoms with E-state index in [9.17, 15) is 22.8 Å². The SMILES string of the molecule is CC(=O)NCCNC1CC(C)NC(NC(=O)NC2CCC(OC(F)(F)F)CC2)N1. The Morgan fingerprint density at radius 2 is 1.76 bits per heavy atom. The monoisotopic (exact) mass is 424 g/mol. The molecule has 0 bridgehead atoms. The number of nitrogens with one attached hydrogen (secondary N) is 6. The maximum Gasteiger partial charge on any atom is 0.522 e. The Labute approximate surface area is 168 Å². The summed E-state index contributed by atoms with van der Waals surface area (Å²) in [5.41, 5.74) is 0. The van der Waals surface area contributed by atoms with Crippen LogP contribution < -0.4 is 31.9 Å². The zero-order valence-electron chi connectivity index (χ0n) is 16.7. The molecule has 12 heteroatoms. The summed E-state index contributed by atoms with van der Waals surface area (Å²) in [5.74, 6) is -0.0892. The van der Waals surface area contributed by atoms with Gasteiger partial charge in [0.2, 0.25) is 5.91 Å². The molecule has 168 valence electrons. The van der Waals surface area contributed by atoms with E-state index in [0.29, 0.717) is 25.9 Å². The van der Waals surface area contributed by atoms with Crippen molar-refractivity contribution >= 4 is 11.9 Å². The van der Waals surface area contributed by atoms with Gasteiger partial charge in [0.15, 0.2) is 0 Å². The van der Waals surface area contributed by atoms with E-state index in [4.69, 9.17) is 0 Å². The first-order valence-electron chi connectivity index (χ1n) is 9.92. The molecule has 2 rings (SSSR count). The number of urea groups is 1. The average molecular weight is 424 g/mol. The first kappa shape index (κ1) is 23.6. The van der Waals surface area contributed by atoms with Gasteiger partial charge >= 0.3 is 12.4 Å². The van der Waals surface area contributed by atoms with Crippen LogP contribution >= 0.6 is 0 Å². The van der Waals surface area contributed by atoms with E-state index in [1.54, 1.807) is 0 Å². The van der Waals surface area contributed by atoms with E-state index in [-0.39, 0.29) is 43.0 Å². The minimum Gasteiger partial charge on any atom is -0.355 e. The molecule has 29 heavy (non-hydrogen) atoms. The minimum atomic E-state index is -4.62. The molecular weight excluding hydrogens is 393 g/mol. The van der Waals surface area contributed by atoms with E-state index >= 15 is 0 Å². The van der Waals surface area contributed by atoms with Crippen LogP contribution in [0.5, 0.6) is 0 Å². The van der Waals surface area contributed by atoms with Crippen LogP contribution in [0.15, 0.2) is 0 Å². The standard InChI is InChI=1S/C17H31F3N6O3/c1-10-9-14(22-8-7-21-11(2)27)25-15(23-10)26-16(28)24-12-3-5-13(6-4-12)29-17(18,19)20/h10,12-15,22-23,25H,3-9H2,1-2H3,(H,21,27)(H2,24,26,28). The number of amides is 3. The summed E-state index contributed by atoms with van der Waals surface area (Å²) >= 11 is 0. The third kappa shape index (κ3) is 9.61. The summed E-state index contributed by atoms with van der Waals surface area (Å²) in [6, 6.07) is -0.424. The van der Waals surface area contributed by atoms with Crippen LogP contribution in [0.3, 0.4) is 0 Å². The lowest BCUT2D eigenvalue weighted by Gasteiger charge is -2.37. The normalized spacial score (nSPS) is 30.4. The van der Waals surface area contributed by atoms with Crippen molar-refractivity contribution in [2.24, 2.45) is 0 Å². The molecule has 1 aliphatic heterocycles. The van der Waals surface area contributed by atoms with Crippen molar-refractivity contribution in [3.8, 4) is 0 Å². The van der Waals surface area contributed by atoms with Crippen molar-refractivity contribution in [2.75, 3.05) is 13.1 Å². The first-order valence-corrected chi connectivity index (χ1v) is 9.92. The summed E-state index contributed by atoms with van der Waals surface area (Å²) in [6.07, 6.45) is -3.80. The lowest BCUT2D eigenvalue weighted by molar-refractivity contribution is -0.345. The van der Waals surface area contributed by atoms with E-state index in [1.807, 2.05) is 6.92 Å². The highest BCUT2D eigenvalue weighted by atomic mass is 19.4. The zero-order valence-corrected chi connectivity index (χ0v) is 16.7. The fraction of sp³-hybridized carbons (Fsp3) is 0.882. The van der Waals surface area contributed by atoms with E-state index in [0.717, 1.165) is 6.42 Å². The van der Waals surface area contributed by atoms with E-state index in [2.05, 4.69) is 36.6 Å². The summed E-state index contributed by atoms with van der Waals surface area (Å²) in [5, 5.41) is 18.0. The third-order valence-corrected chi connectivity index (χ3v) is 4.88. The Balaban J connectivity index is 1.68. The van der Waals surface area contributed by atoms with Gasteiger partial charge in [-0.1, -0.05) is 0 Å². The van der Waals surface area contributed by atoms with Crippen molar-refractivity contribution in [2.45, 2.75) is 83.0 Å². The molecular formula is C17H31F3N6O3. The second-order valence-electron chi connectivity index (χ2n) is 7.55. The maximum atomic E-state index is 12.3. The summed E-state index contributed by atoms with van der Waals surface area (Å²) in [6.45, 7) is 4.55. The van der Waals surface area contributed by atoms with Crippen LogP contribution in [-0.4, -0.2) is 62.0 Å². The lowest BCUT2D eigenvalue weighted by atomic mass is 9.93. The molecule has 2 aliphatic rings. The van der Waals surface area contributed by atoms with Gasteiger partial charge < -0.3 is 21.3 Å². The third-order valence-electron chi connectivity index (χ3n) is 4.88. The highest BCUT2D eigenvalue weighted by Gasteiger charge is 2.35. The van der Waals surface area contributed by atoms with Crippen LogP contribution in [0.4, 0.5) is 18.0 Å². The van der Waals surface area contributed by atoms with Crippen LogP contribution in [-0.2, 0) is 9.53 Å². The van der Waals surface area contributed by atoms with Crippen LogP contribution in [0.25, 0.3) is 0 Å². The molecule has 1 aliphatic carbocycles. The number of hydrogen-bond acceptors (Lipinski definition) is 6. The maximum absolute atomic E-state index is 12.3. The van der Waals surface area contributed by atoms with Gasteiger partial charge in [0.25, 0.3) is 0 Å². The predicted octanol–water partition coefficient (Wildman–Crippen LogP) is 0.440. The zero-order chi connectivity index (χ0) is 21.4. The number of rotatable bonds is 7.